The standard InChI is InChI=1S/C20H19ClFNO5S/c1-2-23(9-16-4-5-17(21)29-16)18(24)11-27-19(25)6-3-13-7-15(22)8-14-10-26-12-28-20(13)14/h3-8H,2,9-12H2,1H3. The van der Waals surface area contributed by atoms with Gasteiger partial charge in [-0.05, 0) is 37.3 Å². The number of carbonyl (C=O) groups excluding carboxylic acids is 2. The van der Waals surface area contributed by atoms with E-state index in [1.54, 1.807) is 11.0 Å². The number of nitrogens with zero attached hydrogens (tertiary/aromatic N) is 1. The molecule has 2 heterocycles. The predicted octanol–water partition coefficient (Wildman–Crippen LogP) is 4.01. The number of thiophene rings is 1. The lowest BCUT2D eigenvalue weighted by molar-refractivity contribution is -0.148. The number of rotatable bonds is 7. The van der Waals surface area contributed by atoms with Crippen molar-refractivity contribution in [3.8, 4) is 5.75 Å². The van der Waals surface area contributed by atoms with Crippen LogP contribution in [-0.2, 0) is 32.2 Å². The smallest absolute Gasteiger partial charge is 0.331 e. The quantitative estimate of drug-likeness (QED) is 0.481. The van der Waals surface area contributed by atoms with E-state index in [-0.39, 0.29) is 25.9 Å². The third-order valence-corrected chi connectivity index (χ3v) is 5.37. The molecule has 0 N–H and O–H groups in total. The monoisotopic (exact) mass is 439 g/mol. The molecule has 154 valence electrons. The van der Waals surface area contributed by atoms with Crippen LogP contribution in [0.5, 0.6) is 5.75 Å². The van der Waals surface area contributed by atoms with Crippen molar-refractivity contribution in [3.05, 3.63) is 56.5 Å². The number of benzene rings is 1. The van der Waals surface area contributed by atoms with Gasteiger partial charge in [0.25, 0.3) is 5.91 Å². The summed E-state index contributed by atoms with van der Waals surface area (Å²) in [5, 5.41) is 0. The maximum atomic E-state index is 13.7. The van der Waals surface area contributed by atoms with Gasteiger partial charge in [-0.2, -0.15) is 0 Å². The SMILES string of the molecule is CCN(Cc1ccc(Cl)s1)C(=O)COC(=O)C=Cc1cc(F)cc2c1OCOC2. The number of fused-ring (bicyclic) bond motifs is 1. The molecular weight excluding hydrogens is 421 g/mol. The Morgan fingerprint density at radius 3 is 2.93 bits per heavy atom. The Bertz CT molecular complexity index is 930. The Morgan fingerprint density at radius 2 is 2.21 bits per heavy atom. The van der Waals surface area contributed by atoms with E-state index >= 15 is 0 Å². The first-order valence-corrected chi connectivity index (χ1v) is 10.1. The van der Waals surface area contributed by atoms with E-state index in [4.69, 9.17) is 25.8 Å². The lowest BCUT2D eigenvalue weighted by atomic mass is 10.1. The fourth-order valence-electron chi connectivity index (χ4n) is 2.76. The fourth-order valence-corrected chi connectivity index (χ4v) is 3.87. The van der Waals surface area contributed by atoms with Crippen LogP contribution in [0, 0.1) is 5.82 Å². The molecule has 1 aliphatic rings. The molecule has 29 heavy (non-hydrogen) atoms. The minimum Gasteiger partial charge on any atom is -0.467 e. The van der Waals surface area contributed by atoms with Crippen molar-refractivity contribution < 1.29 is 28.2 Å². The number of amides is 1. The molecule has 2 aromatic rings. The van der Waals surface area contributed by atoms with Crippen molar-refractivity contribution in [1.82, 2.24) is 4.90 Å². The molecule has 1 amide bonds. The molecule has 0 fully saturated rings. The molecule has 3 rings (SSSR count). The lowest BCUT2D eigenvalue weighted by Gasteiger charge is -2.20. The summed E-state index contributed by atoms with van der Waals surface area (Å²) in [5.74, 6) is -1.03. The highest BCUT2D eigenvalue weighted by Crippen LogP contribution is 2.30. The summed E-state index contributed by atoms with van der Waals surface area (Å²) in [4.78, 5) is 26.8. The maximum Gasteiger partial charge on any atom is 0.331 e. The molecule has 0 aliphatic carbocycles. The van der Waals surface area contributed by atoms with Crippen LogP contribution >= 0.6 is 22.9 Å². The number of likely N-dealkylation sites (N-methyl/N-ethyl adjacent to an activating group) is 1. The molecule has 0 bridgehead atoms. The average Bonchev–Trinajstić information content (AvgIpc) is 3.13. The average molecular weight is 440 g/mol. The van der Waals surface area contributed by atoms with E-state index in [0.29, 0.717) is 34.3 Å². The zero-order chi connectivity index (χ0) is 20.8. The summed E-state index contributed by atoms with van der Waals surface area (Å²) in [6.07, 6.45) is 2.53. The summed E-state index contributed by atoms with van der Waals surface area (Å²) in [5.41, 5.74) is 0.961. The zero-order valence-corrected chi connectivity index (χ0v) is 17.2. The third kappa shape index (κ3) is 5.79. The van der Waals surface area contributed by atoms with Crippen molar-refractivity contribution in [2.24, 2.45) is 0 Å². The molecule has 0 atom stereocenters. The maximum absolute atomic E-state index is 13.7. The molecule has 1 aliphatic heterocycles. The highest BCUT2D eigenvalue weighted by molar-refractivity contribution is 7.16. The van der Waals surface area contributed by atoms with Gasteiger partial charge in [0.05, 0.1) is 17.5 Å². The topological polar surface area (TPSA) is 65.1 Å². The van der Waals surface area contributed by atoms with Gasteiger partial charge in [-0.1, -0.05) is 11.6 Å². The summed E-state index contributed by atoms with van der Waals surface area (Å²) in [6, 6.07) is 6.20. The molecule has 0 spiro atoms. The molecule has 0 unspecified atom stereocenters. The minimum atomic E-state index is -0.710. The van der Waals surface area contributed by atoms with Crippen molar-refractivity contribution in [2.45, 2.75) is 20.1 Å². The first kappa shape index (κ1) is 21.3. The molecule has 0 radical (unpaired) electrons. The van der Waals surface area contributed by atoms with E-state index < -0.39 is 11.8 Å². The molecule has 0 saturated heterocycles. The Labute approximate surface area is 176 Å². The van der Waals surface area contributed by atoms with Crippen molar-refractivity contribution in [2.75, 3.05) is 19.9 Å². The van der Waals surface area contributed by atoms with Gasteiger partial charge in [-0.25, -0.2) is 9.18 Å². The number of hydrogen-bond donors (Lipinski definition) is 0. The van der Waals surface area contributed by atoms with Gasteiger partial charge in [0.15, 0.2) is 13.4 Å². The highest BCUT2D eigenvalue weighted by Gasteiger charge is 2.17. The van der Waals surface area contributed by atoms with Gasteiger partial charge < -0.3 is 19.1 Å². The van der Waals surface area contributed by atoms with Crippen LogP contribution in [0.25, 0.3) is 6.08 Å². The van der Waals surface area contributed by atoms with E-state index in [9.17, 15) is 14.0 Å². The number of halogens is 2. The summed E-state index contributed by atoms with van der Waals surface area (Å²) in [6.45, 7) is 2.61. The van der Waals surface area contributed by atoms with Crippen molar-refractivity contribution in [1.29, 1.82) is 0 Å². The van der Waals surface area contributed by atoms with Crippen LogP contribution in [-0.4, -0.2) is 36.7 Å². The Morgan fingerprint density at radius 1 is 1.38 bits per heavy atom. The number of hydrogen-bond acceptors (Lipinski definition) is 6. The summed E-state index contributed by atoms with van der Waals surface area (Å²) < 4.78 is 29.9. The second-order valence-electron chi connectivity index (χ2n) is 6.15. The third-order valence-electron chi connectivity index (χ3n) is 4.15. The molecular formula is C20H19ClFNO5S. The Balaban J connectivity index is 1.56. The first-order chi connectivity index (χ1) is 14.0. The second-order valence-corrected chi connectivity index (χ2v) is 7.95. The summed E-state index contributed by atoms with van der Waals surface area (Å²) in [7, 11) is 0. The van der Waals surface area contributed by atoms with Gasteiger partial charge in [0, 0.05) is 28.6 Å². The summed E-state index contributed by atoms with van der Waals surface area (Å²) >= 11 is 7.30. The zero-order valence-electron chi connectivity index (χ0n) is 15.7. The van der Waals surface area contributed by atoms with Crippen LogP contribution in [0.3, 0.4) is 0 Å². The number of esters is 1. The molecule has 0 saturated carbocycles. The van der Waals surface area contributed by atoms with Crippen LogP contribution in [0.15, 0.2) is 30.3 Å². The highest BCUT2D eigenvalue weighted by atomic mass is 35.5. The largest absolute Gasteiger partial charge is 0.467 e. The predicted molar refractivity (Wildman–Crippen MR) is 107 cm³/mol. The minimum absolute atomic E-state index is 0.0563. The van der Waals surface area contributed by atoms with Gasteiger partial charge in [0.1, 0.15) is 11.6 Å². The van der Waals surface area contributed by atoms with Gasteiger partial charge in [-0.3, -0.25) is 4.79 Å². The Hall–Kier alpha value is -2.42. The molecule has 1 aromatic heterocycles. The van der Waals surface area contributed by atoms with E-state index in [1.807, 2.05) is 13.0 Å². The van der Waals surface area contributed by atoms with Crippen LogP contribution < -0.4 is 4.74 Å². The van der Waals surface area contributed by atoms with Crippen molar-refractivity contribution >= 4 is 40.9 Å². The van der Waals surface area contributed by atoms with E-state index in [1.165, 1.54) is 29.5 Å². The van der Waals surface area contributed by atoms with Crippen molar-refractivity contribution in [3.63, 3.8) is 0 Å². The van der Waals surface area contributed by atoms with Crippen LogP contribution in [0.4, 0.5) is 4.39 Å². The van der Waals surface area contributed by atoms with E-state index in [0.717, 1.165) is 11.0 Å². The van der Waals surface area contributed by atoms with Gasteiger partial charge in [0.2, 0.25) is 0 Å². The second kappa shape index (κ2) is 9.87. The normalized spacial score (nSPS) is 13.1. The Kier molecular flexibility index (Phi) is 7.24. The molecule has 9 heteroatoms. The van der Waals surface area contributed by atoms with Crippen LogP contribution in [0.1, 0.15) is 22.9 Å². The fraction of sp³-hybridized carbons (Fsp3) is 0.300. The van der Waals surface area contributed by atoms with Gasteiger partial charge in [-0.15, -0.1) is 11.3 Å². The number of ether oxygens (including phenoxy) is 3. The first-order valence-electron chi connectivity index (χ1n) is 8.86. The van der Waals surface area contributed by atoms with E-state index in [2.05, 4.69) is 0 Å². The number of carbonyl (C=O) groups is 2. The van der Waals surface area contributed by atoms with Crippen LogP contribution in [0.2, 0.25) is 4.34 Å². The van der Waals surface area contributed by atoms with Gasteiger partial charge >= 0.3 is 5.97 Å². The molecule has 1 aromatic carbocycles. The lowest BCUT2D eigenvalue weighted by Crippen LogP contribution is -2.33. The molecule has 6 nitrogen and oxygen atoms in total.